The molecule has 5 heteroatoms. The summed E-state index contributed by atoms with van der Waals surface area (Å²) in [4.78, 5) is 12.0. The third kappa shape index (κ3) is 3.10. The molecular formula is C13H22N4O. The van der Waals surface area contributed by atoms with E-state index in [2.05, 4.69) is 15.7 Å². The van der Waals surface area contributed by atoms with Crippen LogP contribution in [0.1, 0.15) is 42.4 Å². The molecule has 0 aliphatic carbocycles. The van der Waals surface area contributed by atoms with E-state index >= 15 is 0 Å². The van der Waals surface area contributed by atoms with Gasteiger partial charge in [0.05, 0.1) is 5.69 Å². The molecule has 0 spiro atoms. The highest BCUT2D eigenvalue weighted by Crippen LogP contribution is 2.08. The number of hydrogen-bond donors (Lipinski definition) is 2. The molecule has 1 fully saturated rings. The summed E-state index contributed by atoms with van der Waals surface area (Å²) in [5.41, 5.74) is 1.55. The van der Waals surface area contributed by atoms with Gasteiger partial charge in [0.15, 0.2) is 0 Å². The third-order valence-electron chi connectivity index (χ3n) is 3.38. The van der Waals surface area contributed by atoms with Gasteiger partial charge in [0, 0.05) is 19.1 Å². The molecular weight excluding hydrogens is 228 g/mol. The minimum atomic E-state index is -0.0181. The van der Waals surface area contributed by atoms with Gasteiger partial charge in [0.1, 0.15) is 5.69 Å². The van der Waals surface area contributed by atoms with Gasteiger partial charge in [-0.2, -0.15) is 5.10 Å². The van der Waals surface area contributed by atoms with Crippen LogP contribution >= 0.6 is 0 Å². The molecule has 1 aromatic heterocycles. The van der Waals surface area contributed by atoms with Crippen LogP contribution in [0, 0.1) is 6.92 Å². The normalized spacial score (nSPS) is 19.1. The van der Waals surface area contributed by atoms with Crippen LogP contribution in [0.3, 0.4) is 0 Å². The van der Waals surface area contributed by atoms with Crippen molar-refractivity contribution in [2.24, 2.45) is 0 Å². The second-order valence-electron chi connectivity index (χ2n) is 4.82. The molecule has 2 heterocycles. The fraction of sp³-hybridized carbons (Fsp3) is 0.692. The first-order chi connectivity index (χ1) is 8.70. The first kappa shape index (κ1) is 13.1. The Kier molecular flexibility index (Phi) is 4.36. The van der Waals surface area contributed by atoms with E-state index in [9.17, 15) is 4.79 Å². The van der Waals surface area contributed by atoms with Gasteiger partial charge in [-0.25, -0.2) is 0 Å². The molecule has 1 aliphatic rings. The molecule has 1 saturated heterocycles. The molecule has 100 valence electrons. The van der Waals surface area contributed by atoms with Crippen LogP contribution in [-0.4, -0.2) is 34.8 Å². The standard InChI is InChI=1S/C13H22N4O/c1-3-17-12(9-10(2)16-17)13(18)15-8-6-11-5-4-7-14-11/h9,11,14H,3-8H2,1-2H3,(H,15,18). The number of nitrogens with zero attached hydrogens (tertiary/aromatic N) is 2. The number of nitrogens with one attached hydrogen (secondary N) is 2. The number of amides is 1. The Hall–Kier alpha value is -1.36. The van der Waals surface area contributed by atoms with E-state index in [1.807, 2.05) is 19.9 Å². The van der Waals surface area contributed by atoms with Crippen LogP contribution in [0.15, 0.2) is 6.07 Å². The van der Waals surface area contributed by atoms with Gasteiger partial charge in [-0.3, -0.25) is 9.48 Å². The SMILES string of the molecule is CCn1nc(C)cc1C(=O)NCCC1CCCN1. The lowest BCUT2D eigenvalue weighted by Gasteiger charge is -2.11. The van der Waals surface area contributed by atoms with Crippen LogP contribution in [0.4, 0.5) is 0 Å². The minimum absolute atomic E-state index is 0.0181. The highest BCUT2D eigenvalue weighted by atomic mass is 16.2. The molecule has 2 rings (SSSR count). The molecule has 2 N–H and O–H groups in total. The number of carbonyl (C=O) groups excluding carboxylic acids is 1. The summed E-state index contributed by atoms with van der Waals surface area (Å²) in [5, 5.41) is 10.7. The van der Waals surface area contributed by atoms with Crippen LogP contribution in [0.2, 0.25) is 0 Å². The van der Waals surface area contributed by atoms with Gasteiger partial charge in [0.2, 0.25) is 0 Å². The third-order valence-corrected chi connectivity index (χ3v) is 3.38. The summed E-state index contributed by atoms with van der Waals surface area (Å²) < 4.78 is 1.75. The molecule has 0 saturated carbocycles. The lowest BCUT2D eigenvalue weighted by atomic mass is 10.1. The van der Waals surface area contributed by atoms with E-state index in [0.717, 1.165) is 31.7 Å². The van der Waals surface area contributed by atoms with Crippen LogP contribution in [0.5, 0.6) is 0 Å². The fourth-order valence-corrected chi connectivity index (χ4v) is 2.42. The molecule has 1 aliphatic heterocycles. The van der Waals surface area contributed by atoms with Crippen molar-refractivity contribution in [3.8, 4) is 0 Å². The van der Waals surface area contributed by atoms with Crippen molar-refractivity contribution in [1.29, 1.82) is 0 Å². The van der Waals surface area contributed by atoms with E-state index in [1.165, 1.54) is 12.8 Å². The van der Waals surface area contributed by atoms with Crippen molar-refractivity contribution in [2.75, 3.05) is 13.1 Å². The maximum atomic E-state index is 12.0. The van der Waals surface area contributed by atoms with Gasteiger partial charge >= 0.3 is 0 Å². The molecule has 5 nitrogen and oxygen atoms in total. The van der Waals surface area contributed by atoms with Crippen LogP contribution in [-0.2, 0) is 6.54 Å². The van der Waals surface area contributed by atoms with Gasteiger partial charge < -0.3 is 10.6 Å². The van der Waals surface area contributed by atoms with E-state index in [1.54, 1.807) is 4.68 Å². The zero-order valence-corrected chi connectivity index (χ0v) is 11.2. The van der Waals surface area contributed by atoms with Gasteiger partial charge in [0.25, 0.3) is 5.91 Å². The maximum absolute atomic E-state index is 12.0. The molecule has 18 heavy (non-hydrogen) atoms. The van der Waals surface area contributed by atoms with E-state index in [-0.39, 0.29) is 5.91 Å². The van der Waals surface area contributed by atoms with Crippen molar-refractivity contribution in [3.63, 3.8) is 0 Å². The second-order valence-corrected chi connectivity index (χ2v) is 4.82. The quantitative estimate of drug-likeness (QED) is 0.822. The summed E-state index contributed by atoms with van der Waals surface area (Å²) in [5.74, 6) is -0.0181. The molecule has 0 aromatic carbocycles. The monoisotopic (exact) mass is 250 g/mol. The molecule has 1 amide bonds. The molecule has 0 bridgehead atoms. The number of hydrogen-bond acceptors (Lipinski definition) is 3. The predicted octanol–water partition coefficient (Wildman–Crippen LogP) is 1.08. The topological polar surface area (TPSA) is 59.0 Å². The van der Waals surface area contributed by atoms with Crippen molar-refractivity contribution in [3.05, 3.63) is 17.5 Å². The smallest absolute Gasteiger partial charge is 0.269 e. The van der Waals surface area contributed by atoms with Crippen molar-refractivity contribution < 1.29 is 4.79 Å². The van der Waals surface area contributed by atoms with Crippen molar-refractivity contribution in [2.45, 2.75) is 45.7 Å². The summed E-state index contributed by atoms with van der Waals surface area (Å²) in [7, 11) is 0. The Morgan fingerprint density at radius 2 is 2.50 bits per heavy atom. The van der Waals surface area contributed by atoms with Crippen molar-refractivity contribution >= 4 is 5.91 Å². The number of rotatable bonds is 5. The summed E-state index contributed by atoms with van der Waals surface area (Å²) in [6.45, 7) is 6.46. The Labute approximate surface area is 108 Å². The lowest BCUT2D eigenvalue weighted by molar-refractivity contribution is 0.0941. The maximum Gasteiger partial charge on any atom is 0.269 e. The van der Waals surface area contributed by atoms with Gasteiger partial charge in [-0.1, -0.05) is 0 Å². The first-order valence-corrected chi connectivity index (χ1v) is 6.76. The highest BCUT2D eigenvalue weighted by Gasteiger charge is 2.15. The van der Waals surface area contributed by atoms with Crippen molar-refractivity contribution in [1.82, 2.24) is 20.4 Å². The summed E-state index contributed by atoms with van der Waals surface area (Å²) >= 11 is 0. The molecule has 1 atom stereocenters. The number of carbonyl (C=O) groups is 1. The Balaban J connectivity index is 1.83. The number of aryl methyl sites for hydroxylation is 2. The Morgan fingerprint density at radius 1 is 1.67 bits per heavy atom. The van der Waals surface area contributed by atoms with Gasteiger partial charge in [-0.15, -0.1) is 0 Å². The van der Waals surface area contributed by atoms with Crippen LogP contribution < -0.4 is 10.6 Å². The minimum Gasteiger partial charge on any atom is -0.351 e. The second kappa shape index (κ2) is 6.00. The summed E-state index contributed by atoms with van der Waals surface area (Å²) in [6.07, 6.45) is 3.48. The molecule has 0 radical (unpaired) electrons. The number of aromatic nitrogens is 2. The van der Waals surface area contributed by atoms with E-state index in [0.29, 0.717) is 11.7 Å². The van der Waals surface area contributed by atoms with Gasteiger partial charge in [-0.05, 0) is 45.7 Å². The van der Waals surface area contributed by atoms with E-state index < -0.39 is 0 Å². The average molecular weight is 250 g/mol. The zero-order valence-electron chi connectivity index (χ0n) is 11.2. The lowest BCUT2D eigenvalue weighted by Crippen LogP contribution is -2.31. The van der Waals surface area contributed by atoms with Crippen LogP contribution in [0.25, 0.3) is 0 Å². The average Bonchev–Trinajstić information content (AvgIpc) is 2.98. The molecule has 1 aromatic rings. The molecule has 1 unspecified atom stereocenters. The fourth-order valence-electron chi connectivity index (χ4n) is 2.42. The highest BCUT2D eigenvalue weighted by molar-refractivity contribution is 5.92. The zero-order chi connectivity index (χ0) is 13.0. The van der Waals surface area contributed by atoms with E-state index in [4.69, 9.17) is 0 Å². The Bertz CT molecular complexity index is 407. The Morgan fingerprint density at radius 3 is 3.17 bits per heavy atom. The largest absolute Gasteiger partial charge is 0.351 e. The predicted molar refractivity (Wildman–Crippen MR) is 70.6 cm³/mol. The summed E-state index contributed by atoms with van der Waals surface area (Å²) in [6, 6.07) is 2.41. The first-order valence-electron chi connectivity index (χ1n) is 6.76.